The molecule has 0 fully saturated rings. The van der Waals surface area contributed by atoms with Gasteiger partial charge in [-0.2, -0.15) is 0 Å². The number of amides is 2. The van der Waals surface area contributed by atoms with E-state index in [-0.39, 0.29) is 24.9 Å². The first-order valence-corrected chi connectivity index (χ1v) is 16.0. The van der Waals surface area contributed by atoms with E-state index < -0.39 is 28.5 Å². The summed E-state index contributed by atoms with van der Waals surface area (Å²) in [5.74, 6) is -0.910. The molecule has 220 valence electrons. The lowest BCUT2D eigenvalue weighted by Gasteiger charge is -2.35. The zero-order valence-electron chi connectivity index (χ0n) is 24.0. The number of aryl methyl sites for hydroxylation is 2. The quantitative estimate of drug-likeness (QED) is 0.273. The molecule has 0 saturated heterocycles. The van der Waals surface area contributed by atoms with Gasteiger partial charge in [-0.15, -0.1) is 0 Å². The van der Waals surface area contributed by atoms with Gasteiger partial charge in [-0.1, -0.05) is 84.7 Å². The van der Waals surface area contributed by atoms with E-state index in [4.69, 9.17) is 23.2 Å². The third-order valence-electron chi connectivity index (χ3n) is 7.03. The Morgan fingerprint density at radius 1 is 0.902 bits per heavy atom. The fourth-order valence-electron chi connectivity index (χ4n) is 4.62. The summed E-state index contributed by atoms with van der Waals surface area (Å²) in [7, 11) is -3.88. The van der Waals surface area contributed by atoms with Crippen molar-refractivity contribution in [2.45, 2.75) is 59.2 Å². The maximum Gasteiger partial charge on any atom is 0.244 e. The van der Waals surface area contributed by atoms with E-state index in [1.807, 2.05) is 50.2 Å². The van der Waals surface area contributed by atoms with E-state index >= 15 is 0 Å². The third-order valence-corrected chi connectivity index (χ3v) is 8.85. The molecule has 3 aromatic carbocycles. The fraction of sp³-hybridized carbons (Fsp3) is 0.355. The van der Waals surface area contributed by atoms with Crippen molar-refractivity contribution >= 4 is 50.7 Å². The Hall–Kier alpha value is -3.07. The first-order chi connectivity index (χ1) is 19.3. The van der Waals surface area contributed by atoms with Crippen LogP contribution in [0.25, 0.3) is 0 Å². The molecule has 0 radical (unpaired) electrons. The van der Waals surface area contributed by atoms with Crippen LogP contribution in [-0.4, -0.2) is 50.0 Å². The first-order valence-electron chi connectivity index (χ1n) is 13.4. The Morgan fingerprint density at radius 2 is 1.46 bits per heavy atom. The van der Waals surface area contributed by atoms with Crippen LogP contribution in [0.5, 0.6) is 0 Å². The highest BCUT2D eigenvalue weighted by molar-refractivity contribution is 7.92. The fourth-order valence-corrected chi connectivity index (χ4v) is 6.11. The predicted octanol–water partition coefficient (Wildman–Crippen LogP) is 5.93. The van der Waals surface area contributed by atoms with Crippen LogP contribution >= 0.6 is 23.2 Å². The third kappa shape index (κ3) is 8.47. The second-order valence-electron chi connectivity index (χ2n) is 10.3. The maximum absolute atomic E-state index is 14.3. The van der Waals surface area contributed by atoms with Crippen LogP contribution < -0.4 is 9.62 Å². The van der Waals surface area contributed by atoms with Gasteiger partial charge in [-0.3, -0.25) is 13.9 Å². The van der Waals surface area contributed by atoms with Crippen LogP contribution in [-0.2, 0) is 32.6 Å². The van der Waals surface area contributed by atoms with Crippen LogP contribution in [0.15, 0.2) is 66.7 Å². The van der Waals surface area contributed by atoms with Gasteiger partial charge in [0.2, 0.25) is 21.8 Å². The largest absolute Gasteiger partial charge is 0.352 e. The van der Waals surface area contributed by atoms with E-state index in [2.05, 4.69) is 5.32 Å². The van der Waals surface area contributed by atoms with E-state index in [0.29, 0.717) is 38.8 Å². The molecular formula is C31H37Cl2N3O4S. The summed E-state index contributed by atoms with van der Waals surface area (Å²) in [5.41, 5.74) is 3.16. The normalized spacial score (nSPS) is 12.9. The van der Waals surface area contributed by atoms with E-state index in [9.17, 15) is 18.0 Å². The second-order valence-corrected chi connectivity index (χ2v) is 13.0. The number of hydrogen-bond donors (Lipinski definition) is 1. The zero-order valence-corrected chi connectivity index (χ0v) is 26.4. The summed E-state index contributed by atoms with van der Waals surface area (Å²) in [6.07, 6.45) is 1.97. The Labute approximate surface area is 253 Å². The molecule has 10 heteroatoms. The van der Waals surface area contributed by atoms with Gasteiger partial charge in [0.05, 0.1) is 11.9 Å². The summed E-state index contributed by atoms with van der Waals surface area (Å²) in [5, 5.41) is 3.68. The lowest BCUT2D eigenvalue weighted by molar-refractivity contribution is -0.140. The van der Waals surface area contributed by atoms with Gasteiger partial charge >= 0.3 is 0 Å². The predicted molar refractivity (Wildman–Crippen MR) is 167 cm³/mol. The molecule has 0 heterocycles. The molecular weight excluding hydrogens is 581 g/mol. The van der Waals surface area contributed by atoms with Crippen molar-refractivity contribution in [1.82, 2.24) is 10.2 Å². The molecule has 0 bridgehead atoms. The zero-order chi connectivity index (χ0) is 30.3. The van der Waals surface area contributed by atoms with Crippen LogP contribution in [0.1, 0.15) is 42.5 Å². The highest BCUT2D eigenvalue weighted by Crippen LogP contribution is 2.30. The monoisotopic (exact) mass is 617 g/mol. The van der Waals surface area contributed by atoms with Gasteiger partial charge in [0.25, 0.3) is 0 Å². The molecule has 0 saturated carbocycles. The summed E-state index contributed by atoms with van der Waals surface area (Å²) < 4.78 is 27.3. The molecule has 0 spiro atoms. The number of anilines is 1. The highest BCUT2D eigenvalue weighted by atomic mass is 35.5. The van der Waals surface area contributed by atoms with Crippen LogP contribution in [0.3, 0.4) is 0 Å². The average molecular weight is 619 g/mol. The van der Waals surface area contributed by atoms with Crippen molar-refractivity contribution in [1.29, 1.82) is 0 Å². The van der Waals surface area contributed by atoms with Gasteiger partial charge in [0.15, 0.2) is 0 Å². The molecule has 0 aromatic heterocycles. The van der Waals surface area contributed by atoms with Crippen LogP contribution in [0.4, 0.5) is 5.69 Å². The van der Waals surface area contributed by atoms with Crippen molar-refractivity contribution < 1.29 is 18.0 Å². The Balaban J connectivity index is 2.14. The molecule has 7 nitrogen and oxygen atoms in total. The summed E-state index contributed by atoms with van der Waals surface area (Å²) in [6, 6.07) is 18.7. The van der Waals surface area contributed by atoms with Crippen molar-refractivity contribution in [3.63, 3.8) is 0 Å². The highest BCUT2D eigenvalue weighted by Gasteiger charge is 2.34. The van der Waals surface area contributed by atoms with Crippen LogP contribution in [0, 0.1) is 13.8 Å². The molecule has 0 aliphatic heterocycles. The number of nitrogens with zero attached hydrogens (tertiary/aromatic N) is 2. The molecule has 0 aliphatic carbocycles. The minimum absolute atomic E-state index is 0.0902. The molecule has 2 amide bonds. The number of halogens is 2. The van der Waals surface area contributed by atoms with Crippen molar-refractivity contribution in [2.75, 3.05) is 17.1 Å². The van der Waals surface area contributed by atoms with Crippen LogP contribution in [0.2, 0.25) is 10.0 Å². The SMILES string of the molecule is CC[C@@H](C)NC(=O)[C@H](Cc1ccccc1)N(Cc1c(Cl)cccc1Cl)C(=O)CN(c1c(C)cccc1C)S(C)(=O)=O. The minimum Gasteiger partial charge on any atom is -0.352 e. The number of carbonyl (C=O) groups excluding carboxylic acids is 2. The van der Waals surface area contributed by atoms with Gasteiger partial charge in [0.1, 0.15) is 12.6 Å². The average Bonchev–Trinajstić information content (AvgIpc) is 2.91. The molecule has 3 aromatic rings. The number of para-hydroxylation sites is 1. The van der Waals surface area contributed by atoms with E-state index in [0.717, 1.165) is 16.1 Å². The Morgan fingerprint density at radius 3 is 2.00 bits per heavy atom. The standard InChI is InChI=1S/C31H37Cl2N3O4S/c1-6-23(4)34-31(38)28(18-24-14-8-7-9-15-24)35(19-25-26(32)16-11-17-27(25)33)29(37)20-36(41(5,39)40)30-21(2)12-10-13-22(30)3/h7-17,23,28H,6,18-20H2,1-5H3,(H,34,38)/t23-,28+/m1/s1. The van der Waals surface area contributed by atoms with Gasteiger partial charge < -0.3 is 10.2 Å². The topological polar surface area (TPSA) is 86.8 Å². The number of benzene rings is 3. The van der Waals surface area contributed by atoms with Crippen molar-refractivity contribution in [3.8, 4) is 0 Å². The van der Waals surface area contributed by atoms with E-state index in [1.165, 1.54) is 4.90 Å². The van der Waals surface area contributed by atoms with Crippen molar-refractivity contribution in [3.05, 3.63) is 99.0 Å². The molecule has 0 aliphatic rings. The molecule has 1 N–H and O–H groups in total. The summed E-state index contributed by atoms with van der Waals surface area (Å²) >= 11 is 13.0. The Kier molecular flexibility index (Phi) is 11.2. The van der Waals surface area contributed by atoms with Gasteiger partial charge in [0, 0.05) is 34.6 Å². The minimum atomic E-state index is -3.88. The number of hydrogen-bond acceptors (Lipinski definition) is 4. The van der Waals surface area contributed by atoms with E-state index in [1.54, 1.807) is 44.2 Å². The second kappa shape index (κ2) is 14.2. The number of carbonyl (C=O) groups is 2. The van der Waals surface area contributed by atoms with Gasteiger partial charge in [-0.05, 0) is 56.0 Å². The maximum atomic E-state index is 14.3. The molecule has 41 heavy (non-hydrogen) atoms. The Bertz CT molecular complexity index is 1440. The number of nitrogens with one attached hydrogen (secondary N) is 1. The smallest absolute Gasteiger partial charge is 0.244 e. The molecule has 3 rings (SSSR count). The lowest BCUT2D eigenvalue weighted by Crippen LogP contribution is -2.54. The molecule has 0 unspecified atom stereocenters. The summed E-state index contributed by atoms with van der Waals surface area (Å²) in [4.78, 5) is 29.4. The van der Waals surface area contributed by atoms with Gasteiger partial charge in [-0.25, -0.2) is 8.42 Å². The summed E-state index contributed by atoms with van der Waals surface area (Å²) in [6.45, 7) is 6.84. The lowest BCUT2D eigenvalue weighted by atomic mass is 10.0. The van der Waals surface area contributed by atoms with Crippen molar-refractivity contribution in [2.24, 2.45) is 0 Å². The number of rotatable bonds is 12. The molecule has 2 atom stereocenters. The number of sulfonamides is 1. The first kappa shape index (κ1) is 32.4.